The third kappa shape index (κ3) is 2.23. The van der Waals surface area contributed by atoms with Gasteiger partial charge in [-0.1, -0.05) is 6.07 Å². The summed E-state index contributed by atoms with van der Waals surface area (Å²) in [6.07, 6.45) is 0. The van der Waals surface area contributed by atoms with Crippen LogP contribution in [0.3, 0.4) is 0 Å². The van der Waals surface area contributed by atoms with Crippen molar-refractivity contribution in [2.45, 2.75) is 13.8 Å². The van der Waals surface area contributed by atoms with Crippen molar-refractivity contribution >= 4 is 23.3 Å². The topological polar surface area (TPSA) is 29.9 Å². The van der Waals surface area contributed by atoms with Crippen molar-refractivity contribution in [3.63, 3.8) is 0 Å². The predicted octanol–water partition coefficient (Wildman–Crippen LogP) is 4.45. The zero-order valence-corrected chi connectivity index (χ0v) is 12.8. The number of methoxy groups -OCH3 is 1. The maximum absolute atomic E-state index is 13.7. The molecule has 2 aromatic carbocycles. The molecule has 1 N–H and O–H groups in total. The summed E-state index contributed by atoms with van der Waals surface area (Å²) < 4.78 is 21.5. The molecule has 3 aromatic rings. The van der Waals surface area contributed by atoms with Crippen LogP contribution in [0.15, 0.2) is 30.3 Å². The van der Waals surface area contributed by atoms with Crippen molar-refractivity contribution in [3.8, 4) is 11.4 Å². The second kappa shape index (κ2) is 5.00. The van der Waals surface area contributed by atoms with Gasteiger partial charge in [0.1, 0.15) is 11.6 Å². The largest absolute Gasteiger partial charge is 0.495 e. The average Bonchev–Trinajstić information content (AvgIpc) is 2.74. The van der Waals surface area contributed by atoms with Crippen molar-refractivity contribution in [2.75, 3.05) is 7.11 Å². The molecule has 0 saturated carbocycles. The van der Waals surface area contributed by atoms with Gasteiger partial charge < -0.3 is 9.72 Å². The van der Waals surface area contributed by atoms with Gasteiger partial charge in [0.05, 0.1) is 23.8 Å². The minimum Gasteiger partial charge on any atom is -0.495 e. The van der Waals surface area contributed by atoms with E-state index in [1.807, 2.05) is 29.7 Å². The highest BCUT2D eigenvalue weighted by Crippen LogP contribution is 2.29. The number of nitrogens with zero attached hydrogens (tertiary/aromatic N) is 1. The van der Waals surface area contributed by atoms with E-state index in [9.17, 15) is 4.39 Å². The molecule has 0 amide bonds. The van der Waals surface area contributed by atoms with E-state index in [-0.39, 0.29) is 5.82 Å². The average molecular weight is 302 g/mol. The van der Waals surface area contributed by atoms with E-state index in [0.29, 0.717) is 15.9 Å². The van der Waals surface area contributed by atoms with Crippen molar-refractivity contribution in [2.24, 2.45) is 0 Å². The van der Waals surface area contributed by atoms with Crippen LogP contribution >= 0.6 is 12.2 Å². The molecule has 0 bridgehead atoms. The van der Waals surface area contributed by atoms with Gasteiger partial charge in [-0.25, -0.2) is 4.39 Å². The molecule has 0 aliphatic carbocycles. The maximum atomic E-state index is 13.7. The second-order valence-corrected chi connectivity index (χ2v) is 5.45. The van der Waals surface area contributed by atoms with Crippen LogP contribution in [0, 0.1) is 24.4 Å². The molecular weight excluding hydrogens is 287 g/mol. The number of hydrogen-bond acceptors (Lipinski definition) is 2. The molecule has 0 spiro atoms. The number of hydrogen-bond donors (Lipinski definition) is 1. The molecule has 0 fully saturated rings. The van der Waals surface area contributed by atoms with Gasteiger partial charge in [-0.15, -0.1) is 0 Å². The zero-order chi connectivity index (χ0) is 15.1. The van der Waals surface area contributed by atoms with Crippen LogP contribution in [-0.4, -0.2) is 16.7 Å². The normalized spacial score (nSPS) is 11.0. The van der Waals surface area contributed by atoms with Crippen molar-refractivity contribution in [1.29, 1.82) is 0 Å². The quantitative estimate of drug-likeness (QED) is 0.709. The number of rotatable bonds is 2. The molecule has 0 unspecified atom stereocenters. The van der Waals surface area contributed by atoms with Crippen molar-refractivity contribution in [3.05, 3.63) is 52.0 Å². The third-order valence-corrected chi connectivity index (χ3v) is 3.82. The molecule has 0 aliphatic rings. The van der Waals surface area contributed by atoms with E-state index >= 15 is 0 Å². The summed E-state index contributed by atoms with van der Waals surface area (Å²) >= 11 is 5.40. The minimum atomic E-state index is -0.248. The number of nitrogens with one attached hydrogen (secondary N) is 1. The van der Waals surface area contributed by atoms with Gasteiger partial charge in [-0.05, 0) is 61.5 Å². The van der Waals surface area contributed by atoms with Crippen LogP contribution in [0.2, 0.25) is 0 Å². The lowest BCUT2D eigenvalue weighted by atomic mass is 10.2. The van der Waals surface area contributed by atoms with E-state index < -0.39 is 0 Å². The van der Waals surface area contributed by atoms with Crippen molar-refractivity contribution in [1.82, 2.24) is 9.55 Å². The first-order valence-electron chi connectivity index (χ1n) is 6.57. The highest BCUT2D eigenvalue weighted by molar-refractivity contribution is 7.71. The number of fused-ring (bicyclic) bond motifs is 1. The molecule has 3 rings (SSSR count). The Morgan fingerprint density at radius 2 is 1.95 bits per heavy atom. The Labute approximate surface area is 127 Å². The Kier molecular flexibility index (Phi) is 3.29. The first kappa shape index (κ1) is 13.8. The van der Waals surface area contributed by atoms with Gasteiger partial charge in [-0.2, -0.15) is 0 Å². The van der Waals surface area contributed by atoms with Crippen LogP contribution in [0.5, 0.6) is 5.75 Å². The number of H-pyrrole nitrogens is 1. The monoisotopic (exact) mass is 302 g/mol. The molecular formula is C16H15FN2OS. The fourth-order valence-electron chi connectivity index (χ4n) is 2.45. The van der Waals surface area contributed by atoms with Gasteiger partial charge in [0.15, 0.2) is 4.77 Å². The molecule has 5 heteroatoms. The second-order valence-electron chi connectivity index (χ2n) is 5.06. The lowest BCUT2D eigenvalue weighted by molar-refractivity contribution is 0.413. The summed E-state index contributed by atoms with van der Waals surface area (Å²) in [6.45, 7) is 3.74. The molecule has 21 heavy (non-hydrogen) atoms. The molecule has 1 aromatic heterocycles. The molecule has 0 aliphatic heterocycles. The van der Waals surface area contributed by atoms with Crippen LogP contribution in [0.4, 0.5) is 4.39 Å². The van der Waals surface area contributed by atoms with Gasteiger partial charge in [0.25, 0.3) is 0 Å². The van der Waals surface area contributed by atoms with Crippen LogP contribution < -0.4 is 4.74 Å². The molecule has 3 nitrogen and oxygen atoms in total. The van der Waals surface area contributed by atoms with Gasteiger partial charge in [0, 0.05) is 0 Å². The lowest BCUT2D eigenvalue weighted by Crippen LogP contribution is -1.99. The van der Waals surface area contributed by atoms with Crippen LogP contribution in [0.25, 0.3) is 16.7 Å². The number of aromatic amines is 1. The van der Waals surface area contributed by atoms with Gasteiger partial charge in [-0.3, -0.25) is 4.57 Å². The maximum Gasteiger partial charge on any atom is 0.182 e. The van der Waals surface area contributed by atoms with E-state index in [0.717, 1.165) is 22.5 Å². The standard InChI is InChI=1S/C16H15FN2OS/c1-9-4-5-15(20-3)14(6-9)19-13-7-10(2)11(17)8-12(13)18-16(19)21/h4-8H,1-3H3,(H,18,21). The molecule has 0 radical (unpaired) electrons. The van der Waals surface area contributed by atoms with E-state index in [1.165, 1.54) is 6.07 Å². The fourth-order valence-corrected chi connectivity index (χ4v) is 2.75. The number of benzene rings is 2. The van der Waals surface area contributed by atoms with E-state index in [4.69, 9.17) is 17.0 Å². The summed E-state index contributed by atoms with van der Waals surface area (Å²) in [6, 6.07) is 9.14. The Morgan fingerprint density at radius 1 is 1.19 bits per heavy atom. The Hall–Kier alpha value is -2.14. The molecule has 0 saturated heterocycles. The van der Waals surface area contributed by atoms with Crippen LogP contribution in [-0.2, 0) is 0 Å². The Morgan fingerprint density at radius 3 is 2.67 bits per heavy atom. The molecule has 108 valence electrons. The summed E-state index contributed by atoms with van der Waals surface area (Å²) in [5.74, 6) is 0.474. The van der Waals surface area contributed by atoms with Gasteiger partial charge in [0.2, 0.25) is 0 Å². The molecule has 1 heterocycles. The highest BCUT2D eigenvalue weighted by atomic mass is 32.1. The number of imidazole rings is 1. The van der Waals surface area contributed by atoms with Crippen molar-refractivity contribution < 1.29 is 9.13 Å². The lowest BCUT2D eigenvalue weighted by Gasteiger charge is -2.11. The minimum absolute atomic E-state index is 0.248. The summed E-state index contributed by atoms with van der Waals surface area (Å²) in [4.78, 5) is 3.05. The van der Waals surface area contributed by atoms with Gasteiger partial charge >= 0.3 is 0 Å². The summed E-state index contributed by atoms with van der Waals surface area (Å²) in [5.41, 5.74) is 4.03. The van der Waals surface area contributed by atoms with E-state index in [2.05, 4.69) is 4.98 Å². The summed E-state index contributed by atoms with van der Waals surface area (Å²) in [5, 5.41) is 0. The summed E-state index contributed by atoms with van der Waals surface area (Å²) in [7, 11) is 1.62. The predicted molar refractivity (Wildman–Crippen MR) is 84.4 cm³/mol. The first-order chi connectivity index (χ1) is 10.0. The number of ether oxygens (including phenoxy) is 1. The SMILES string of the molecule is COc1ccc(C)cc1-n1c(=S)[nH]c2cc(F)c(C)cc21. The third-order valence-electron chi connectivity index (χ3n) is 3.54. The number of aromatic nitrogens is 2. The molecule has 0 atom stereocenters. The Balaban J connectivity index is 2.40. The fraction of sp³-hybridized carbons (Fsp3) is 0.188. The Bertz CT molecular complexity index is 895. The number of aryl methyl sites for hydroxylation is 2. The smallest absolute Gasteiger partial charge is 0.182 e. The zero-order valence-electron chi connectivity index (χ0n) is 12.0. The number of halogens is 1. The van der Waals surface area contributed by atoms with E-state index in [1.54, 1.807) is 20.1 Å². The van der Waals surface area contributed by atoms with Crippen LogP contribution in [0.1, 0.15) is 11.1 Å². The first-order valence-corrected chi connectivity index (χ1v) is 6.98. The highest BCUT2D eigenvalue weighted by Gasteiger charge is 2.13.